The van der Waals surface area contributed by atoms with Crippen LogP contribution < -0.4 is 0 Å². The van der Waals surface area contributed by atoms with Crippen molar-refractivity contribution in [1.82, 2.24) is 4.90 Å². The number of ether oxygens (including phenoxy) is 1. The first-order valence-corrected chi connectivity index (χ1v) is 7.66. The van der Waals surface area contributed by atoms with Crippen LogP contribution in [0, 0.1) is 0 Å². The van der Waals surface area contributed by atoms with E-state index in [-0.39, 0.29) is 12.0 Å². The average Bonchev–Trinajstić information content (AvgIpc) is 2.42. The van der Waals surface area contributed by atoms with E-state index in [9.17, 15) is 9.90 Å². The predicted molar refractivity (Wildman–Crippen MR) is 82.1 cm³/mol. The molecule has 116 valence electrons. The predicted octanol–water partition coefficient (Wildman–Crippen LogP) is 2.60. The molecule has 1 aromatic carbocycles. The van der Waals surface area contributed by atoms with Gasteiger partial charge in [0.2, 0.25) is 0 Å². The Balaban J connectivity index is 1.89. The Labute approximate surface area is 126 Å². The molecule has 1 saturated heterocycles. The zero-order valence-corrected chi connectivity index (χ0v) is 13.1. The number of carbonyl (C=O) groups is 1. The number of likely N-dealkylation sites (tertiary alicyclic amines) is 1. The summed E-state index contributed by atoms with van der Waals surface area (Å²) in [6, 6.07) is 7.51. The van der Waals surface area contributed by atoms with Crippen LogP contribution in [0.3, 0.4) is 0 Å². The van der Waals surface area contributed by atoms with Gasteiger partial charge < -0.3 is 14.7 Å². The number of hydrogen-bond acceptors (Lipinski definition) is 3. The second-order valence-corrected chi connectivity index (χ2v) is 6.19. The Hall–Kier alpha value is -1.39. The topological polar surface area (TPSA) is 49.8 Å². The third-order valence-electron chi connectivity index (χ3n) is 3.76. The molecule has 1 aliphatic rings. The first-order valence-electron chi connectivity index (χ1n) is 7.66. The summed E-state index contributed by atoms with van der Waals surface area (Å²) in [6.07, 6.45) is 1.88. The molecule has 0 saturated carbocycles. The van der Waals surface area contributed by atoms with E-state index in [1.807, 2.05) is 45.0 Å². The van der Waals surface area contributed by atoms with E-state index in [2.05, 4.69) is 0 Å². The zero-order valence-electron chi connectivity index (χ0n) is 13.1. The number of amides is 1. The molecule has 0 aromatic heterocycles. The van der Waals surface area contributed by atoms with Gasteiger partial charge in [0.25, 0.3) is 5.91 Å². The molecule has 0 atom stereocenters. The number of aliphatic hydroxyl groups is 1. The SMILES string of the molecule is CCCC1(O)CN(C(=O)c2ccc(COC(C)C)cc2)C1. The molecule has 4 nitrogen and oxygen atoms in total. The smallest absolute Gasteiger partial charge is 0.254 e. The fourth-order valence-electron chi connectivity index (χ4n) is 2.62. The summed E-state index contributed by atoms with van der Waals surface area (Å²) in [5.41, 5.74) is 1.06. The van der Waals surface area contributed by atoms with Gasteiger partial charge in [0.1, 0.15) is 0 Å². The minimum absolute atomic E-state index is 0.00731. The van der Waals surface area contributed by atoms with Gasteiger partial charge in [-0.05, 0) is 38.0 Å². The fraction of sp³-hybridized carbons (Fsp3) is 0.588. The highest BCUT2D eigenvalue weighted by atomic mass is 16.5. The van der Waals surface area contributed by atoms with Gasteiger partial charge >= 0.3 is 0 Å². The Bertz CT molecular complexity index is 475. The molecule has 0 radical (unpaired) electrons. The van der Waals surface area contributed by atoms with Crippen LogP contribution in [-0.4, -0.2) is 40.7 Å². The van der Waals surface area contributed by atoms with Crippen molar-refractivity contribution >= 4 is 5.91 Å². The van der Waals surface area contributed by atoms with E-state index in [1.165, 1.54) is 0 Å². The van der Waals surface area contributed by atoms with Crippen LogP contribution in [0.5, 0.6) is 0 Å². The summed E-state index contributed by atoms with van der Waals surface area (Å²) in [5, 5.41) is 10.1. The maximum Gasteiger partial charge on any atom is 0.254 e. The van der Waals surface area contributed by atoms with E-state index in [1.54, 1.807) is 4.90 Å². The Morgan fingerprint density at radius 3 is 2.48 bits per heavy atom. The van der Waals surface area contributed by atoms with E-state index in [0.29, 0.717) is 25.3 Å². The normalized spacial score (nSPS) is 16.9. The molecule has 1 heterocycles. The number of benzene rings is 1. The molecular weight excluding hydrogens is 266 g/mol. The maximum absolute atomic E-state index is 12.3. The highest BCUT2D eigenvalue weighted by Crippen LogP contribution is 2.27. The van der Waals surface area contributed by atoms with Gasteiger partial charge in [-0.3, -0.25) is 4.79 Å². The van der Waals surface area contributed by atoms with Gasteiger partial charge in [-0.2, -0.15) is 0 Å². The van der Waals surface area contributed by atoms with Crippen molar-refractivity contribution in [2.45, 2.75) is 51.9 Å². The van der Waals surface area contributed by atoms with E-state index >= 15 is 0 Å². The molecule has 1 aromatic rings. The molecule has 0 aliphatic carbocycles. The molecule has 0 spiro atoms. The number of rotatable bonds is 6. The van der Waals surface area contributed by atoms with Crippen LogP contribution in [-0.2, 0) is 11.3 Å². The van der Waals surface area contributed by atoms with Crippen LogP contribution in [0.25, 0.3) is 0 Å². The summed E-state index contributed by atoms with van der Waals surface area (Å²) >= 11 is 0. The van der Waals surface area contributed by atoms with Crippen molar-refractivity contribution in [3.8, 4) is 0 Å². The Morgan fingerprint density at radius 2 is 1.95 bits per heavy atom. The summed E-state index contributed by atoms with van der Waals surface area (Å²) in [7, 11) is 0. The molecule has 1 N–H and O–H groups in total. The lowest BCUT2D eigenvalue weighted by Crippen LogP contribution is -2.63. The van der Waals surface area contributed by atoms with Crippen molar-refractivity contribution in [2.75, 3.05) is 13.1 Å². The quantitative estimate of drug-likeness (QED) is 0.876. The molecule has 1 fully saturated rings. The summed E-state index contributed by atoms with van der Waals surface area (Å²) in [6.45, 7) is 7.49. The zero-order chi connectivity index (χ0) is 15.5. The lowest BCUT2D eigenvalue weighted by Gasteiger charge is -2.46. The number of hydrogen-bond donors (Lipinski definition) is 1. The first-order chi connectivity index (χ1) is 9.93. The summed E-state index contributed by atoms with van der Waals surface area (Å²) < 4.78 is 5.53. The van der Waals surface area contributed by atoms with Crippen LogP contribution in [0.2, 0.25) is 0 Å². The van der Waals surface area contributed by atoms with Crippen molar-refractivity contribution < 1.29 is 14.6 Å². The standard InChI is InChI=1S/C17H25NO3/c1-4-9-17(20)11-18(12-17)16(19)15-7-5-14(6-8-15)10-21-13(2)3/h5-8,13,20H,4,9-12H2,1-3H3. The molecule has 4 heteroatoms. The molecule has 1 aliphatic heterocycles. The third-order valence-corrected chi connectivity index (χ3v) is 3.76. The van der Waals surface area contributed by atoms with Crippen LogP contribution in [0.1, 0.15) is 49.5 Å². The number of nitrogens with zero attached hydrogens (tertiary/aromatic N) is 1. The third kappa shape index (κ3) is 4.05. The van der Waals surface area contributed by atoms with Crippen LogP contribution in [0.4, 0.5) is 0 Å². The first kappa shape index (κ1) is 16.0. The van der Waals surface area contributed by atoms with E-state index in [4.69, 9.17) is 4.74 Å². The highest BCUT2D eigenvalue weighted by Gasteiger charge is 2.42. The fourth-order valence-corrected chi connectivity index (χ4v) is 2.62. The Morgan fingerprint density at radius 1 is 1.33 bits per heavy atom. The van der Waals surface area contributed by atoms with Gasteiger partial charge in [-0.1, -0.05) is 25.5 Å². The number of carbonyl (C=O) groups excluding carboxylic acids is 1. The maximum atomic E-state index is 12.3. The van der Waals surface area contributed by atoms with Crippen molar-refractivity contribution in [3.63, 3.8) is 0 Å². The second kappa shape index (κ2) is 6.58. The molecule has 1 amide bonds. The van der Waals surface area contributed by atoms with Gasteiger partial charge in [-0.25, -0.2) is 0 Å². The van der Waals surface area contributed by atoms with Crippen LogP contribution in [0.15, 0.2) is 24.3 Å². The minimum atomic E-state index is -0.671. The van der Waals surface area contributed by atoms with Crippen LogP contribution >= 0.6 is 0 Å². The minimum Gasteiger partial charge on any atom is -0.386 e. The lowest BCUT2D eigenvalue weighted by atomic mass is 9.88. The lowest BCUT2D eigenvalue weighted by molar-refractivity contribution is -0.0860. The van der Waals surface area contributed by atoms with Gasteiger partial charge in [0.05, 0.1) is 31.4 Å². The summed E-state index contributed by atoms with van der Waals surface area (Å²) in [4.78, 5) is 14.0. The number of β-amino-alcohol motifs (C(OH)–C–C–N with tert-alkyl or cyclic N) is 1. The van der Waals surface area contributed by atoms with Crippen molar-refractivity contribution in [3.05, 3.63) is 35.4 Å². The second-order valence-electron chi connectivity index (χ2n) is 6.19. The van der Waals surface area contributed by atoms with Gasteiger partial charge in [0.15, 0.2) is 0 Å². The molecule has 2 rings (SSSR count). The average molecular weight is 291 g/mol. The summed E-state index contributed by atoms with van der Waals surface area (Å²) in [5.74, 6) is -0.00731. The van der Waals surface area contributed by atoms with Crippen molar-refractivity contribution in [1.29, 1.82) is 0 Å². The highest BCUT2D eigenvalue weighted by molar-refractivity contribution is 5.95. The van der Waals surface area contributed by atoms with Gasteiger partial charge in [-0.15, -0.1) is 0 Å². The van der Waals surface area contributed by atoms with Crippen molar-refractivity contribution in [2.24, 2.45) is 0 Å². The van der Waals surface area contributed by atoms with Gasteiger partial charge in [0, 0.05) is 5.56 Å². The van der Waals surface area contributed by atoms with E-state index in [0.717, 1.165) is 18.4 Å². The molecule has 0 unspecified atom stereocenters. The largest absolute Gasteiger partial charge is 0.386 e. The molecular formula is C17H25NO3. The monoisotopic (exact) mass is 291 g/mol. The Kier molecular flexibility index (Phi) is 5.01. The van der Waals surface area contributed by atoms with E-state index < -0.39 is 5.60 Å². The molecule has 21 heavy (non-hydrogen) atoms. The molecule has 0 bridgehead atoms.